The third kappa shape index (κ3) is 6.61. The minimum atomic E-state index is -0.179. The van der Waals surface area contributed by atoms with E-state index in [0.717, 1.165) is 59.7 Å². The molecule has 39 heavy (non-hydrogen) atoms. The van der Waals surface area contributed by atoms with Crippen LogP contribution in [0.15, 0.2) is 84.0 Å². The molecule has 2 aliphatic rings. The topological polar surface area (TPSA) is 82.2 Å². The Morgan fingerprint density at radius 3 is 2.28 bits per heavy atom. The van der Waals surface area contributed by atoms with Crippen molar-refractivity contribution in [3.8, 4) is 0 Å². The Kier molecular flexibility index (Phi) is 8.81. The van der Waals surface area contributed by atoms with Crippen LogP contribution >= 0.6 is 0 Å². The second-order valence-electron chi connectivity index (χ2n) is 10.3. The summed E-state index contributed by atoms with van der Waals surface area (Å²) < 4.78 is 0. The van der Waals surface area contributed by atoms with Gasteiger partial charge in [0.25, 0.3) is 0 Å². The smallest absolute Gasteiger partial charge is 0.324 e. The van der Waals surface area contributed by atoms with Gasteiger partial charge in [-0.05, 0) is 68.1 Å². The van der Waals surface area contributed by atoms with Crippen molar-refractivity contribution in [1.29, 1.82) is 0 Å². The molecule has 3 aromatic rings. The number of hydrogen-bond acceptors (Lipinski definition) is 5. The highest BCUT2D eigenvalue weighted by Gasteiger charge is 2.31. The van der Waals surface area contributed by atoms with Crippen LogP contribution in [0.3, 0.4) is 0 Å². The van der Waals surface area contributed by atoms with Crippen molar-refractivity contribution < 1.29 is 9.59 Å². The van der Waals surface area contributed by atoms with Gasteiger partial charge in [0.15, 0.2) is 0 Å². The van der Waals surface area contributed by atoms with E-state index in [4.69, 9.17) is 10.8 Å². The van der Waals surface area contributed by atoms with Crippen LogP contribution in [0, 0.1) is 0 Å². The average molecular weight is 524 g/mol. The van der Waals surface area contributed by atoms with Crippen LogP contribution in [0.2, 0.25) is 0 Å². The van der Waals surface area contributed by atoms with Gasteiger partial charge in [-0.1, -0.05) is 67.1 Å². The van der Waals surface area contributed by atoms with Gasteiger partial charge in [0.1, 0.15) is 5.78 Å². The summed E-state index contributed by atoms with van der Waals surface area (Å²) in [5.41, 5.74) is 11.1. The van der Waals surface area contributed by atoms with E-state index in [1.165, 1.54) is 19.3 Å². The van der Waals surface area contributed by atoms with Crippen molar-refractivity contribution in [1.82, 2.24) is 9.91 Å². The molecule has 1 fully saturated rings. The van der Waals surface area contributed by atoms with Gasteiger partial charge in [0, 0.05) is 18.5 Å². The maximum absolute atomic E-state index is 14.2. The number of amides is 2. The van der Waals surface area contributed by atoms with Crippen LogP contribution in [-0.2, 0) is 17.8 Å². The van der Waals surface area contributed by atoms with E-state index in [2.05, 4.69) is 11.0 Å². The molecule has 2 heterocycles. The van der Waals surface area contributed by atoms with Crippen molar-refractivity contribution in [2.75, 3.05) is 31.1 Å². The largest absolute Gasteiger partial charge is 0.349 e. The average Bonchev–Trinajstić information content (AvgIpc) is 3.09. The lowest BCUT2D eigenvalue weighted by Crippen LogP contribution is -2.37. The molecule has 5 rings (SSSR count). The highest BCUT2D eigenvalue weighted by atomic mass is 16.2. The number of likely N-dealkylation sites (tertiary alicyclic amines) is 1. The maximum atomic E-state index is 14.2. The molecule has 0 atom stereocenters. The van der Waals surface area contributed by atoms with Gasteiger partial charge < -0.3 is 5.73 Å². The number of para-hydroxylation sites is 1. The van der Waals surface area contributed by atoms with Gasteiger partial charge in [-0.2, -0.15) is 5.10 Å². The fourth-order valence-corrected chi connectivity index (χ4v) is 5.33. The van der Waals surface area contributed by atoms with E-state index >= 15 is 0 Å². The summed E-state index contributed by atoms with van der Waals surface area (Å²) in [5, 5.41) is 6.63. The normalized spacial score (nSPS) is 16.0. The molecule has 7 heteroatoms. The van der Waals surface area contributed by atoms with Crippen LogP contribution in [-0.4, -0.2) is 53.6 Å². The van der Waals surface area contributed by atoms with Crippen molar-refractivity contribution >= 4 is 28.9 Å². The van der Waals surface area contributed by atoms with E-state index in [-0.39, 0.29) is 18.4 Å². The van der Waals surface area contributed by atoms with E-state index in [9.17, 15) is 9.59 Å². The molecular weight excluding hydrogens is 486 g/mol. The number of piperidine rings is 1. The van der Waals surface area contributed by atoms with E-state index in [1.807, 2.05) is 72.8 Å². The minimum absolute atomic E-state index is 0.0808. The zero-order valence-electron chi connectivity index (χ0n) is 22.5. The summed E-state index contributed by atoms with van der Waals surface area (Å²) in [6, 6.07) is 26.0. The molecule has 0 bridgehead atoms. The van der Waals surface area contributed by atoms with Crippen LogP contribution in [0.5, 0.6) is 0 Å². The highest BCUT2D eigenvalue weighted by Crippen LogP contribution is 2.34. The first-order valence-electron chi connectivity index (χ1n) is 14.0. The number of carbonyl (C=O) groups is 2. The highest BCUT2D eigenvalue weighted by molar-refractivity contribution is 6.13. The molecule has 7 nitrogen and oxygen atoms in total. The Morgan fingerprint density at radius 1 is 0.821 bits per heavy atom. The van der Waals surface area contributed by atoms with Crippen molar-refractivity contribution in [3.63, 3.8) is 0 Å². The minimum Gasteiger partial charge on any atom is -0.324 e. The molecule has 202 valence electrons. The van der Waals surface area contributed by atoms with Gasteiger partial charge in [0.2, 0.25) is 0 Å². The molecule has 0 unspecified atom stereocenters. The summed E-state index contributed by atoms with van der Waals surface area (Å²) in [6.07, 6.45) is 5.70. The molecule has 0 saturated carbocycles. The maximum Gasteiger partial charge on any atom is 0.349 e. The fourth-order valence-electron chi connectivity index (χ4n) is 5.33. The third-order valence-corrected chi connectivity index (χ3v) is 7.45. The summed E-state index contributed by atoms with van der Waals surface area (Å²) in [5.74, 6) is 0.0808. The van der Waals surface area contributed by atoms with Crippen LogP contribution in [0.1, 0.15) is 48.8 Å². The van der Waals surface area contributed by atoms with Gasteiger partial charge in [-0.3, -0.25) is 14.6 Å². The molecule has 0 aliphatic carbocycles. The predicted molar refractivity (Wildman–Crippen MR) is 156 cm³/mol. The Morgan fingerprint density at radius 2 is 1.54 bits per heavy atom. The lowest BCUT2D eigenvalue weighted by molar-refractivity contribution is -0.117. The SMILES string of the molecule is NCC(=O)CCCc1ccc(N2C(=O)N(Cc3ccccc3)N=C(CN3CCCCC3)c3ccccc32)cc1. The van der Waals surface area contributed by atoms with Crippen LogP contribution < -0.4 is 10.6 Å². The first kappa shape index (κ1) is 26.8. The summed E-state index contributed by atoms with van der Waals surface area (Å²) in [4.78, 5) is 30.0. The molecule has 3 aromatic carbocycles. The molecule has 1 saturated heterocycles. The number of urea groups is 1. The number of anilines is 2. The number of hydrogen-bond donors (Lipinski definition) is 1. The number of benzene rings is 3. The number of Topliss-reactive ketones (excluding diaryl/α,β-unsaturated/α-hetero) is 1. The van der Waals surface area contributed by atoms with Gasteiger partial charge in [0.05, 0.1) is 30.2 Å². The van der Waals surface area contributed by atoms with Crippen molar-refractivity contribution in [3.05, 3.63) is 95.6 Å². The number of aryl methyl sites for hydroxylation is 1. The quantitative estimate of drug-likeness (QED) is 0.380. The van der Waals surface area contributed by atoms with Crippen molar-refractivity contribution in [2.24, 2.45) is 10.8 Å². The first-order chi connectivity index (χ1) is 19.1. The molecule has 0 spiro atoms. The van der Waals surface area contributed by atoms with E-state index < -0.39 is 0 Å². The summed E-state index contributed by atoms with van der Waals surface area (Å²) in [6.45, 7) is 3.30. The van der Waals surface area contributed by atoms with Gasteiger partial charge >= 0.3 is 6.03 Å². The number of nitrogens with zero attached hydrogens (tertiary/aromatic N) is 4. The number of rotatable bonds is 10. The molecule has 2 amide bonds. The number of hydrazone groups is 1. The van der Waals surface area contributed by atoms with Crippen LogP contribution in [0.25, 0.3) is 0 Å². The second-order valence-corrected chi connectivity index (χ2v) is 10.3. The van der Waals surface area contributed by atoms with E-state index in [1.54, 1.807) is 9.91 Å². The van der Waals surface area contributed by atoms with Crippen LogP contribution in [0.4, 0.5) is 16.2 Å². The number of carbonyl (C=O) groups excluding carboxylic acids is 2. The summed E-state index contributed by atoms with van der Waals surface area (Å²) >= 11 is 0. The molecule has 2 aliphatic heterocycles. The molecule has 0 radical (unpaired) electrons. The lowest BCUT2D eigenvalue weighted by Gasteiger charge is -2.27. The third-order valence-electron chi connectivity index (χ3n) is 7.45. The zero-order chi connectivity index (χ0) is 27.0. The molecule has 0 aromatic heterocycles. The number of ketones is 1. The van der Waals surface area contributed by atoms with Gasteiger partial charge in [-0.15, -0.1) is 0 Å². The second kappa shape index (κ2) is 12.8. The zero-order valence-corrected chi connectivity index (χ0v) is 22.5. The molecular formula is C32H37N5O2. The fraction of sp³-hybridized carbons (Fsp3) is 0.344. The van der Waals surface area contributed by atoms with Crippen molar-refractivity contribution in [2.45, 2.75) is 45.1 Å². The van der Waals surface area contributed by atoms with Gasteiger partial charge in [-0.25, -0.2) is 9.80 Å². The number of nitrogens with two attached hydrogens (primary N) is 1. The predicted octanol–water partition coefficient (Wildman–Crippen LogP) is 5.50. The monoisotopic (exact) mass is 523 g/mol. The van der Waals surface area contributed by atoms with E-state index in [0.29, 0.717) is 19.5 Å². The standard InChI is InChI=1S/C32H37N5O2/c33-22-28(38)13-9-12-25-16-18-27(19-17-25)37-31-15-6-5-14-29(31)30(24-35-20-7-2-8-21-35)34-36(32(37)39)23-26-10-3-1-4-11-26/h1,3-6,10-11,14-19H,2,7-9,12-13,20-24,33H2. The lowest BCUT2D eigenvalue weighted by atomic mass is 10.0. The Balaban J connectivity index is 1.48. The molecule has 2 N–H and O–H groups in total. The number of fused-ring (bicyclic) bond motifs is 1. The Bertz CT molecular complexity index is 1300. The Labute approximate surface area is 230 Å². The summed E-state index contributed by atoms with van der Waals surface area (Å²) in [7, 11) is 0. The first-order valence-corrected chi connectivity index (χ1v) is 14.0. The Hall–Kier alpha value is -3.81.